The van der Waals surface area contributed by atoms with Gasteiger partial charge in [-0.15, -0.1) is 0 Å². The Balaban J connectivity index is 1.12. The summed E-state index contributed by atoms with van der Waals surface area (Å²) < 4.78 is 0. The molecule has 0 saturated heterocycles. The molecule has 5 aromatic carbocycles. The summed E-state index contributed by atoms with van der Waals surface area (Å²) in [7, 11) is 0. The fourth-order valence-electron chi connectivity index (χ4n) is 6.53. The number of amidine groups is 4. The van der Waals surface area contributed by atoms with E-state index in [0.29, 0.717) is 0 Å². The van der Waals surface area contributed by atoms with Crippen LogP contribution in [0.4, 0.5) is 0 Å². The molecule has 1 aliphatic carbocycles. The average molecular weight is 653 g/mol. The summed E-state index contributed by atoms with van der Waals surface area (Å²) in [5.74, 6) is 3.37. The van der Waals surface area contributed by atoms with Crippen molar-refractivity contribution in [1.82, 2.24) is 10.6 Å². The maximum Gasteiger partial charge on any atom is 0.159 e. The molecule has 246 valence electrons. The van der Waals surface area contributed by atoms with E-state index in [9.17, 15) is 0 Å². The van der Waals surface area contributed by atoms with Crippen LogP contribution in [-0.2, 0) is 0 Å². The van der Waals surface area contributed by atoms with Crippen molar-refractivity contribution in [3.8, 4) is 0 Å². The standard InChI is InChI=1S/C44H40N6/c1-27-5-13-31(14-6-27)39-45-40(32-15-7-28(2)8-16-32)48-43(47-39)37-23-21-36-26-38(24-22-35(36)25-37)44-49-41(33-17-9-29(3)10-18-33)46-42(50-44)34-19-11-30(4)12-20-34/h5-19,21-26,34,39,42H,20H2,1-4H3,(H,45,47,48)(H,46,49,50). The molecule has 6 nitrogen and oxygen atoms in total. The zero-order chi connectivity index (χ0) is 34.2. The van der Waals surface area contributed by atoms with Gasteiger partial charge in [-0.3, -0.25) is 0 Å². The highest BCUT2D eigenvalue weighted by molar-refractivity contribution is 6.15. The van der Waals surface area contributed by atoms with Gasteiger partial charge in [-0.2, -0.15) is 0 Å². The predicted octanol–water partition coefficient (Wildman–Crippen LogP) is 8.91. The van der Waals surface area contributed by atoms with Gasteiger partial charge in [-0.25, -0.2) is 20.0 Å². The summed E-state index contributed by atoms with van der Waals surface area (Å²) in [6.45, 7) is 8.44. The maximum absolute atomic E-state index is 5.10. The highest BCUT2D eigenvalue weighted by Gasteiger charge is 2.26. The lowest BCUT2D eigenvalue weighted by molar-refractivity contribution is 0.474. The van der Waals surface area contributed by atoms with Crippen LogP contribution < -0.4 is 10.6 Å². The smallest absolute Gasteiger partial charge is 0.159 e. The minimum absolute atomic E-state index is 0.112. The normalized spacial score (nSPS) is 20.2. The third-order valence-electron chi connectivity index (χ3n) is 9.63. The third-order valence-corrected chi connectivity index (χ3v) is 9.63. The molecule has 2 heterocycles. The van der Waals surface area contributed by atoms with Gasteiger partial charge in [0, 0.05) is 28.2 Å². The Morgan fingerprint density at radius 2 is 1.04 bits per heavy atom. The van der Waals surface area contributed by atoms with Crippen LogP contribution in [-0.4, -0.2) is 29.5 Å². The first-order valence-corrected chi connectivity index (χ1v) is 17.3. The number of fused-ring (bicyclic) bond motifs is 1. The second kappa shape index (κ2) is 13.2. The summed E-state index contributed by atoms with van der Waals surface area (Å²) in [4.78, 5) is 20.3. The maximum atomic E-state index is 5.10. The van der Waals surface area contributed by atoms with Gasteiger partial charge in [0.2, 0.25) is 0 Å². The molecule has 50 heavy (non-hydrogen) atoms. The third kappa shape index (κ3) is 6.57. The second-order valence-electron chi connectivity index (χ2n) is 13.6. The first-order valence-electron chi connectivity index (χ1n) is 17.3. The number of allylic oxidation sites excluding steroid dienone is 3. The number of benzene rings is 5. The lowest BCUT2D eigenvalue weighted by Crippen LogP contribution is -2.43. The number of hydrogen-bond donors (Lipinski definition) is 2. The summed E-state index contributed by atoms with van der Waals surface area (Å²) in [6, 6.07) is 38.5. The summed E-state index contributed by atoms with van der Waals surface area (Å²) >= 11 is 0. The van der Waals surface area contributed by atoms with Crippen molar-refractivity contribution >= 4 is 34.1 Å². The van der Waals surface area contributed by atoms with Crippen LogP contribution in [0.3, 0.4) is 0 Å². The number of aliphatic imine (C=N–C) groups is 4. The van der Waals surface area contributed by atoms with E-state index in [-0.39, 0.29) is 18.2 Å². The van der Waals surface area contributed by atoms with Gasteiger partial charge in [0.05, 0.1) is 0 Å². The van der Waals surface area contributed by atoms with Gasteiger partial charge < -0.3 is 10.6 Å². The molecule has 3 aliphatic rings. The first kappa shape index (κ1) is 31.4. The van der Waals surface area contributed by atoms with E-state index in [1.165, 1.54) is 22.3 Å². The molecule has 8 rings (SSSR count). The number of nitrogens with one attached hydrogen (secondary N) is 2. The van der Waals surface area contributed by atoms with E-state index in [1.54, 1.807) is 0 Å². The lowest BCUT2D eigenvalue weighted by atomic mass is 9.94. The fraction of sp³-hybridized carbons (Fsp3) is 0.182. The molecule has 0 saturated carbocycles. The predicted molar refractivity (Wildman–Crippen MR) is 207 cm³/mol. The molecule has 0 aromatic heterocycles. The van der Waals surface area contributed by atoms with Crippen LogP contribution >= 0.6 is 0 Å². The topological polar surface area (TPSA) is 73.5 Å². The van der Waals surface area contributed by atoms with Crippen LogP contribution in [0.15, 0.2) is 153 Å². The van der Waals surface area contributed by atoms with E-state index in [2.05, 4.69) is 166 Å². The second-order valence-corrected chi connectivity index (χ2v) is 13.6. The van der Waals surface area contributed by atoms with E-state index in [4.69, 9.17) is 20.0 Å². The van der Waals surface area contributed by atoms with Crippen LogP contribution in [0.25, 0.3) is 10.8 Å². The van der Waals surface area contributed by atoms with Gasteiger partial charge in [0.15, 0.2) is 11.7 Å². The molecule has 0 amide bonds. The monoisotopic (exact) mass is 652 g/mol. The van der Waals surface area contributed by atoms with Crippen LogP contribution in [0.2, 0.25) is 0 Å². The molecule has 0 fully saturated rings. The van der Waals surface area contributed by atoms with E-state index >= 15 is 0 Å². The summed E-state index contributed by atoms with van der Waals surface area (Å²) in [5.41, 5.74) is 10.1. The van der Waals surface area contributed by atoms with Crippen molar-refractivity contribution in [3.05, 3.63) is 178 Å². The van der Waals surface area contributed by atoms with Crippen LogP contribution in [0, 0.1) is 26.7 Å². The number of nitrogens with zero attached hydrogens (tertiary/aromatic N) is 4. The first-order chi connectivity index (χ1) is 24.3. The highest BCUT2D eigenvalue weighted by Crippen LogP contribution is 2.27. The molecule has 2 N–H and O–H groups in total. The molecule has 2 aliphatic heterocycles. The fourth-order valence-corrected chi connectivity index (χ4v) is 6.53. The Bertz CT molecular complexity index is 2270. The zero-order valence-corrected chi connectivity index (χ0v) is 28.9. The average Bonchev–Trinajstić information content (AvgIpc) is 3.15. The molecule has 3 atom stereocenters. The van der Waals surface area contributed by atoms with Crippen molar-refractivity contribution in [3.63, 3.8) is 0 Å². The van der Waals surface area contributed by atoms with Gasteiger partial charge in [-0.05, 0) is 62.6 Å². The Kier molecular flexibility index (Phi) is 8.29. The van der Waals surface area contributed by atoms with E-state index in [0.717, 1.165) is 68.4 Å². The zero-order valence-electron chi connectivity index (χ0n) is 28.9. The number of aryl methyl sites for hydroxylation is 3. The van der Waals surface area contributed by atoms with Gasteiger partial charge in [0.25, 0.3) is 0 Å². The minimum atomic E-state index is -0.247. The van der Waals surface area contributed by atoms with E-state index < -0.39 is 0 Å². The van der Waals surface area contributed by atoms with E-state index in [1.807, 2.05) is 0 Å². The SMILES string of the molecule is CC1=CCC(C2N=C(c3ccc(C)cc3)N=C(c3ccc4cc(C5=NC(c6ccc(C)cc6)=NC(c6ccc(C)cc6)N5)ccc4c3)N2)C=C1. The minimum Gasteiger partial charge on any atom is -0.347 e. The summed E-state index contributed by atoms with van der Waals surface area (Å²) in [6.07, 6.45) is 7.34. The molecule has 0 radical (unpaired) electrons. The van der Waals surface area contributed by atoms with Crippen molar-refractivity contribution < 1.29 is 0 Å². The quantitative estimate of drug-likeness (QED) is 0.192. The molecule has 3 unspecified atom stereocenters. The largest absolute Gasteiger partial charge is 0.347 e. The van der Waals surface area contributed by atoms with Crippen molar-refractivity contribution in [2.75, 3.05) is 0 Å². The van der Waals surface area contributed by atoms with Gasteiger partial charge in [0.1, 0.15) is 24.0 Å². The molecular weight excluding hydrogens is 613 g/mol. The molecule has 6 heteroatoms. The number of hydrogen-bond acceptors (Lipinski definition) is 6. The van der Waals surface area contributed by atoms with Crippen molar-refractivity contribution in [1.29, 1.82) is 0 Å². The lowest BCUT2D eigenvalue weighted by Gasteiger charge is -2.29. The highest BCUT2D eigenvalue weighted by atomic mass is 15.2. The molecule has 0 spiro atoms. The summed E-state index contributed by atoms with van der Waals surface area (Å²) in [5, 5.41) is 9.55. The van der Waals surface area contributed by atoms with Crippen LogP contribution in [0.5, 0.6) is 0 Å². The van der Waals surface area contributed by atoms with Crippen molar-refractivity contribution in [2.45, 2.75) is 46.4 Å². The Labute approximate surface area is 293 Å². The molecule has 0 bridgehead atoms. The number of rotatable bonds is 6. The van der Waals surface area contributed by atoms with Gasteiger partial charge >= 0.3 is 0 Å². The molecular formula is C44H40N6. The molecule has 5 aromatic rings. The Morgan fingerprint density at radius 1 is 0.540 bits per heavy atom. The van der Waals surface area contributed by atoms with Crippen molar-refractivity contribution in [2.24, 2.45) is 25.9 Å². The Hall–Kier alpha value is -5.88. The van der Waals surface area contributed by atoms with Crippen LogP contribution in [0.1, 0.15) is 64.0 Å². The van der Waals surface area contributed by atoms with Gasteiger partial charge in [-0.1, -0.05) is 138 Å². The Morgan fingerprint density at radius 3 is 1.58 bits per heavy atom.